The fourth-order valence-electron chi connectivity index (χ4n) is 1.49. The summed E-state index contributed by atoms with van der Waals surface area (Å²) in [5.74, 6) is 0.823. The fourth-order valence-corrected chi connectivity index (χ4v) is 2.41. The number of guanidine groups is 1. The van der Waals surface area contributed by atoms with Crippen molar-refractivity contribution in [3.8, 4) is 0 Å². The van der Waals surface area contributed by atoms with Crippen LogP contribution in [0.1, 0.15) is 10.9 Å². The molecule has 0 radical (unpaired) electrons. The third-order valence-corrected chi connectivity index (χ3v) is 3.39. The number of rotatable bonds is 4. The Bertz CT molecular complexity index is 324. The molecule has 0 fully saturated rings. The molecule has 0 amide bonds. The van der Waals surface area contributed by atoms with Crippen LogP contribution in [0, 0.1) is 0 Å². The van der Waals surface area contributed by atoms with Crippen LogP contribution in [-0.2, 0) is 0 Å². The van der Waals surface area contributed by atoms with Gasteiger partial charge in [0.25, 0.3) is 0 Å². The number of aliphatic imine (C=N–C) groups is 1. The van der Waals surface area contributed by atoms with E-state index in [0.29, 0.717) is 6.04 Å². The van der Waals surface area contributed by atoms with Crippen molar-refractivity contribution in [3.63, 3.8) is 0 Å². The second-order valence-corrected chi connectivity index (χ2v) is 4.68. The Morgan fingerprint density at radius 2 is 2.24 bits per heavy atom. The summed E-state index contributed by atoms with van der Waals surface area (Å²) >= 11 is 1.78. The second-order valence-electron chi connectivity index (χ2n) is 3.70. The Morgan fingerprint density at radius 3 is 2.65 bits per heavy atom. The lowest BCUT2D eigenvalue weighted by Crippen LogP contribution is -2.39. The molecule has 0 aromatic carbocycles. The highest BCUT2D eigenvalue weighted by Crippen LogP contribution is 2.22. The molecule has 6 heteroatoms. The molecule has 0 aliphatic carbocycles. The Morgan fingerprint density at radius 1 is 1.53 bits per heavy atom. The number of nitrogens with zero attached hydrogens (tertiary/aromatic N) is 2. The first-order valence-corrected chi connectivity index (χ1v) is 6.15. The van der Waals surface area contributed by atoms with Crippen LogP contribution < -0.4 is 10.6 Å². The predicted molar refractivity (Wildman–Crippen MR) is 86.6 cm³/mol. The molecule has 0 spiro atoms. The van der Waals surface area contributed by atoms with E-state index < -0.39 is 0 Å². The standard InChI is InChI=1S/C11H20N4S.HI/c1-12-11(13-2)14-8-9(15(3)4)10-6-5-7-16-10;/h5-7,9H,8H2,1-4H3,(H2,12,13,14);1H. The maximum atomic E-state index is 4.10. The molecule has 2 N–H and O–H groups in total. The molecule has 1 atom stereocenters. The number of thiophene rings is 1. The van der Waals surface area contributed by atoms with E-state index in [1.54, 1.807) is 18.4 Å². The molecule has 17 heavy (non-hydrogen) atoms. The van der Waals surface area contributed by atoms with Crippen molar-refractivity contribution in [2.24, 2.45) is 4.99 Å². The van der Waals surface area contributed by atoms with E-state index in [0.717, 1.165) is 12.5 Å². The summed E-state index contributed by atoms with van der Waals surface area (Å²) in [6.07, 6.45) is 0. The van der Waals surface area contributed by atoms with Crippen molar-refractivity contribution in [1.29, 1.82) is 0 Å². The minimum atomic E-state index is 0. The van der Waals surface area contributed by atoms with Crippen molar-refractivity contribution < 1.29 is 0 Å². The van der Waals surface area contributed by atoms with Crippen molar-refractivity contribution >= 4 is 41.3 Å². The SMILES string of the molecule is CN=C(NC)NCC(c1cccs1)N(C)C.I. The molecule has 0 saturated heterocycles. The van der Waals surface area contributed by atoms with Crippen LogP contribution in [0.5, 0.6) is 0 Å². The number of hydrogen-bond acceptors (Lipinski definition) is 3. The summed E-state index contributed by atoms with van der Waals surface area (Å²) in [6.45, 7) is 0.848. The molecule has 0 aliphatic rings. The third-order valence-electron chi connectivity index (χ3n) is 2.42. The molecule has 98 valence electrons. The van der Waals surface area contributed by atoms with E-state index in [1.807, 2.05) is 7.05 Å². The summed E-state index contributed by atoms with van der Waals surface area (Å²) in [5, 5.41) is 8.42. The maximum absolute atomic E-state index is 4.10. The van der Waals surface area contributed by atoms with Gasteiger partial charge in [-0.05, 0) is 25.5 Å². The first kappa shape index (κ1) is 16.7. The van der Waals surface area contributed by atoms with E-state index in [2.05, 4.69) is 52.1 Å². The van der Waals surface area contributed by atoms with Crippen LogP contribution in [0.2, 0.25) is 0 Å². The monoisotopic (exact) mass is 368 g/mol. The molecular formula is C11H21IN4S. The van der Waals surface area contributed by atoms with Gasteiger partial charge in [0.2, 0.25) is 0 Å². The smallest absolute Gasteiger partial charge is 0.190 e. The van der Waals surface area contributed by atoms with Gasteiger partial charge in [-0.2, -0.15) is 0 Å². The first-order valence-electron chi connectivity index (χ1n) is 5.27. The lowest BCUT2D eigenvalue weighted by atomic mass is 10.2. The topological polar surface area (TPSA) is 39.7 Å². The average Bonchev–Trinajstić information content (AvgIpc) is 2.77. The third kappa shape index (κ3) is 5.22. The molecule has 4 nitrogen and oxygen atoms in total. The second kappa shape index (κ2) is 8.71. The van der Waals surface area contributed by atoms with Gasteiger partial charge in [-0.3, -0.25) is 4.99 Å². The molecular weight excluding hydrogens is 347 g/mol. The molecule has 0 bridgehead atoms. The van der Waals surface area contributed by atoms with E-state index in [4.69, 9.17) is 0 Å². The molecule has 1 aromatic heterocycles. The highest BCUT2D eigenvalue weighted by molar-refractivity contribution is 14.0. The highest BCUT2D eigenvalue weighted by atomic mass is 127. The van der Waals surface area contributed by atoms with Crippen LogP contribution in [0.15, 0.2) is 22.5 Å². The summed E-state index contributed by atoms with van der Waals surface area (Å²) in [4.78, 5) is 7.67. The van der Waals surface area contributed by atoms with Crippen LogP contribution in [0.25, 0.3) is 0 Å². The Kier molecular flexibility index (Phi) is 8.53. The predicted octanol–water partition coefficient (Wildman–Crippen LogP) is 1.76. The Labute approximate surface area is 125 Å². The van der Waals surface area contributed by atoms with Gasteiger partial charge in [0.05, 0.1) is 6.04 Å². The van der Waals surface area contributed by atoms with E-state index in [9.17, 15) is 0 Å². The van der Waals surface area contributed by atoms with Gasteiger partial charge in [-0.15, -0.1) is 35.3 Å². The van der Waals surface area contributed by atoms with Gasteiger partial charge in [0.15, 0.2) is 5.96 Å². The van der Waals surface area contributed by atoms with Crippen molar-refractivity contribution in [3.05, 3.63) is 22.4 Å². The number of nitrogens with one attached hydrogen (secondary N) is 2. The van der Waals surface area contributed by atoms with Gasteiger partial charge in [0.1, 0.15) is 0 Å². The molecule has 1 heterocycles. The summed E-state index contributed by atoms with van der Waals surface area (Å²) in [5.41, 5.74) is 0. The van der Waals surface area contributed by atoms with E-state index >= 15 is 0 Å². The highest BCUT2D eigenvalue weighted by Gasteiger charge is 2.14. The maximum Gasteiger partial charge on any atom is 0.190 e. The average molecular weight is 368 g/mol. The van der Waals surface area contributed by atoms with Crippen LogP contribution in [-0.4, -0.2) is 45.6 Å². The number of likely N-dealkylation sites (N-methyl/N-ethyl adjacent to an activating group) is 1. The molecule has 0 aliphatic heterocycles. The van der Waals surface area contributed by atoms with Gasteiger partial charge < -0.3 is 15.5 Å². The zero-order valence-electron chi connectivity index (χ0n) is 10.7. The van der Waals surface area contributed by atoms with Crippen LogP contribution >= 0.6 is 35.3 Å². The van der Waals surface area contributed by atoms with Crippen molar-refractivity contribution in [2.45, 2.75) is 6.04 Å². The Balaban J connectivity index is 0.00000256. The lowest BCUT2D eigenvalue weighted by Gasteiger charge is -2.24. The fraction of sp³-hybridized carbons (Fsp3) is 0.545. The quantitative estimate of drug-likeness (QED) is 0.484. The van der Waals surface area contributed by atoms with Crippen LogP contribution in [0.4, 0.5) is 0 Å². The van der Waals surface area contributed by atoms with Crippen molar-refractivity contribution in [2.75, 3.05) is 34.7 Å². The first-order chi connectivity index (χ1) is 7.69. The molecule has 1 aromatic rings. The van der Waals surface area contributed by atoms with Crippen molar-refractivity contribution in [1.82, 2.24) is 15.5 Å². The number of hydrogen-bond donors (Lipinski definition) is 2. The summed E-state index contributed by atoms with van der Waals surface area (Å²) in [7, 11) is 7.82. The lowest BCUT2D eigenvalue weighted by molar-refractivity contribution is 0.302. The van der Waals surface area contributed by atoms with E-state index in [-0.39, 0.29) is 24.0 Å². The largest absolute Gasteiger partial charge is 0.359 e. The van der Waals surface area contributed by atoms with E-state index in [1.165, 1.54) is 4.88 Å². The summed E-state index contributed by atoms with van der Waals surface area (Å²) in [6, 6.07) is 4.63. The van der Waals surface area contributed by atoms with Gasteiger partial charge in [0, 0.05) is 25.5 Å². The van der Waals surface area contributed by atoms with Gasteiger partial charge in [-0.1, -0.05) is 6.07 Å². The van der Waals surface area contributed by atoms with Crippen LogP contribution in [0.3, 0.4) is 0 Å². The normalized spacial score (nSPS) is 13.1. The minimum absolute atomic E-state index is 0. The molecule has 0 saturated carbocycles. The number of halogens is 1. The molecule has 1 rings (SSSR count). The zero-order chi connectivity index (χ0) is 12.0. The molecule has 1 unspecified atom stereocenters. The zero-order valence-corrected chi connectivity index (χ0v) is 13.9. The van der Waals surface area contributed by atoms with Gasteiger partial charge >= 0.3 is 0 Å². The minimum Gasteiger partial charge on any atom is -0.359 e. The van der Waals surface area contributed by atoms with Gasteiger partial charge in [-0.25, -0.2) is 0 Å². The Hall–Kier alpha value is -0.340. The summed E-state index contributed by atoms with van der Waals surface area (Å²) < 4.78 is 0.